The molecule has 1 atom stereocenters. The second-order valence-electron chi connectivity index (χ2n) is 4.54. The smallest absolute Gasteiger partial charge is 0.254 e. The molecule has 18 heavy (non-hydrogen) atoms. The predicted molar refractivity (Wildman–Crippen MR) is 76.9 cm³/mol. The molecule has 0 aliphatic carbocycles. The van der Waals surface area contributed by atoms with Crippen LogP contribution in [-0.2, 0) is 0 Å². The van der Waals surface area contributed by atoms with Gasteiger partial charge in [-0.05, 0) is 37.5 Å². The van der Waals surface area contributed by atoms with Crippen LogP contribution < -0.4 is 5.73 Å². The summed E-state index contributed by atoms with van der Waals surface area (Å²) >= 11 is 9.34. The van der Waals surface area contributed by atoms with Gasteiger partial charge >= 0.3 is 0 Å². The molecule has 1 aromatic rings. The zero-order valence-electron chi connectivity index (χ0n) is 10.0. The molecule has 1 unspecified atom stereocenters. The summed E-state index contributed by atoms with van der Waals surface area (Å²) in [6.07, 6.45) is 3.18. The van der Waals surface area contributed by atoms with Crippen molar-refractivity contribution in [1.29, 1.82) is 0 Å². The minimum absolute atomic E-state index is 0.0216. The number of halogens is 2. The van der Waals surface area contributed by atoms with Gasteiger partial charge in [0.1, 0.15) is 0 Å². The summed E-state index contributed by atoms with van der Waals surface area (Å²) in [5.41, 5.74) is 6.36. The van der Waals surface area contributed by atoms with Crippen molar-refractivity contribution < 1.29 is 4.79 Å². The highest BCUT2D eigenvalue weighted by Gasteiger charge is 2.26. The number of rotatable bonds is 2. The first-order valence-corrected chi connectivity index (χ1v) is 7.26. The molecule has 1 amide bonds. The van der Waals surface area contributed by atoms with Crippen LogP contribution in [0.2, 0.25) is 5.02 Å². The highest BCUT2D eigenvalue weighted by Crippen LogP contribution is 2.23. The lowest BCUT2D eigenvalue weighted by Gasteiger charge is -2.35. The van der Waals surface area contributed by atoms with Crippen molar-refractivity contribution in [3.05, 3.63) is 33.3 Å². The SMILES string of the molecule is NCC1CCCCN1C(=O)c1cc(Cl)cc(Br)c1. The van der Waals surface area contributed by atoms with Gasteiger partial charge in [-0.15, -0.1) is 0 Å². The number of benzene rings is 1. The number of carbonyl (C=O) groups excluding carboxylic acids is 1. The molecule has 0 radical (unpaired) electrons. The van der Waals surface area contributed by atoms with Gasteiger partial charge in [0, 0.05) is 34.2 Å². The van der Waals surface area contributed by atoms with E-state index in [0.29, 0.717) is 17.1 Å². The van der Waals surface area contributed by atoms with E-state index in [4.69, 9.17) is 17.3 Å². The maximum absolute atomic E-state index is 12.5. The highest BCUT2D eigenvalue weighted by atomic mass is 79.9. The lowest BCUT2D eigenvalue weighted by molar-refractivity contribution is 0.0623. The molecule has 1 aromatic carbocycles. The van der Waals surface area contributed by atoms with Gasteiger partial charge in [-0.25, -0.2) is 0 Å². The summed E-state index contributed by atoms with van der Waals surface area (Å²) in [5, 5.41) is 0.564. The summed E-state index contributed by atoms with van der Waals surface area (Å²) in [5.74, 6) is 0.0216. The average molecular weight is 332 g/mol. The van der Waals surface area contributed by atoms with E-state index in [1.54, 1.807) is 18.2 Å². The Bertz CT molecular complexity index is 432. The summed E-state index contributed by atoms with van der Waals surface area (Å²) < 4.78 is 0.819. The third-order valence-electron chi connectivity index (χ3n) is 3.27. The van der Waals surface area contributed by atoms with E-state index in [1.807, 2.05) is 4.90 Å². The molecular weight excluding hydrogens is 316 g/mol. The number of nitrogens with zero attached hydrogens (tertiary/aromatic N) is 1. The van der Waals surface area contributed by atoms with Crippen LogP contribution in [0.25, 0.3) is 0 Å². The minimum atomic E-state index is 0.0216. The zero-order chi connectivity index (χ0) is 13.1. The Morgan fingerprint density at radius 3 is 2.89 bits per heavy atom. The van der Waals surface area contributed by atoms with E-state index in [9.17, 15) is 4.79 Å². The molecule has 1 aliphatic heterocycles. The van der Waals surface area contributed by atoms with Gasteiger partial charge in [0.25, 0.3) is 5.91 Å². The second kappa shape index (κ2) is 6.04. The number of piperidine rings is 1. The van der Waals surface area contributed by atoms with Gasteiger partial charge in [-0.3, -0.25) is 4.79 Å². The van der Waals surface area contributed by atoms with Crippen molar-refractivity contribution in [3.8, 4) is 0 Å². The van der Waals surface area contributed by atoms with Crippen LogP contribution in [0.5, 0.6) is 0 Å². The maximum atomic E-state index is 12.5. The Morgan fingerprint density at radius 2 is 2.22 bits per heavy atom. The van der Waals surface area contributed by atoms with Crippen molar-refractivity contribution in [1.82, 2.24) is 4.90 Å². The van der Waals surface area contributed by atoms with Crippen LogP contribution in [-0.4, -0.2) is 29.9 Å². The van der Waals surface area contributed by atoms with Gasteiger partial charge < -0.3 is 10.6 Å². The Labute approximate surface area is 120 Å². The Morgan fingerprint density at radius 1 is 1.44 bits per heavy atom. The standard InChI is InChI=1S/C13H16BrClN2O/c14-10-5-9(6-11(15)7-10)13(18)17-4-2-1-3-12(17)8-16/h5-7,12H,1-4,8,16H2. The first kappa shape index (κ1) is 13.8. The fraction of sp³-hybridized carbons (Fsp3) is 0.462. The topological polar surface area (TPSA) is 46.3 Å². The molecule has 1 saturated heterocycles. The molecule has 1 fully saturated rings. The molecule has 0 saturated carbocycles. The largest absolute Gasteiger partial charge is 0.334 e. The summed E-state index contributed by atoms with van der Waals surface area (Å²) in [4.78, 5) is 14.3. The van der Waals surface area contributed by atoms with E-state index in [2.05, 4.69) is 15.9 Å². The molecule has 2 rings (SSSR count). The van der Waals surface area contributed by atoms with Crippen LogP contribution in [0.15, 0.2) is 22.7 Å². The van der Waals surface area contributed by atoms with Crippen LogP contribution in [0.1, 0.15) is 29.6 Å². The molecule has 1 aliphatic rings. The van der Waals surface area contributed by atoms with E-state index in [0.717, 1.165) is 30.3 Å². The minimum Gasteiger partial charge on any atom is -0.334 e. The molecule has 0 spiro atoms. The molecular formula is C13H16BrClN2O. The number of carbonyl (C=O) groups is 1. The van der Waals surface area contributed by atoms with Crippen molar-refractivity contribution in [2.75, 3.05) is 13.1 Å². The Kier molecular flexibility index (Phi) is 4.65. The summed E-state index contributed by atoms with van der Waals surface area (Å²) in [6.45, 7) is 1.30. The monoisotopic (exact) mass is 330 g/mol. The van der Waals surface area contributed by atoms with E-state index < -0.39 is 0 Å². The van der Waals surface area contributed by atoms with Gasteiger partial charge in [-0.1, -0.05) is 27.5 Å². The number of amides is 1. The Hall–Kier alpha value is -0.580. The van der Waals surface area contributed by atoms with Crippen LogP contribution in [0.3, 0.4) is 0 Å². The van der Waals surface area contributed by atoms with Gasteiger partial charge in [0.05, 0.1) is 0 Å². The molecule has 3 nitrogen and oxygen atoms in total. The summed E-state index contributed by atoms with van der Waals surface area (Å²) in [7, 11) is 0. The summed E-state index contributed by atoms with van der Waals surface area (Å²) in [6, 6.07) is 5.44. The predicted octanol–water partition coefficient (Wildman–Crippen LogP) is 3.06. The van der Waals surface area contributed by atoms with Gasteiger partial charge in [0.15, 0.2) is 0 Å². The molecule has 0 aromatic heterocycles. The van der Waals surface area contributed by atoms with Gasteiger partial charge in [-0.2, -0.15) is 0 Å². The van der Waals surface area contributed by atoms with E-state index in [-0.39, 0.29) is 11.9 Å². The normalized spacial score (nSPS) is 19.9. The molecule has 1 heterocycles. The fourth-order valence-corrected chi connectivity index (χ4v) is 3.22. The number of likely N-dealkylation sites (tertiary alicyclic amines) is 1. The first-order valence-electron chi connectivity index (χ1n) is 6.09. The Balaban J connectivity index is 2.23. The number of hydrogen-bond donors (Lipinski definition) is 1. The van der Waals surface area contributed by atoms with Crippen LogP contribution >= 0.6 is 27.5 Å². The van der Waals surface area contributed by atoms with Crippen molar-refractivity contribution in [2.45, 2.75) is 25.3 Å². The molecule has 0 bridgehead atoms. The second-order valence-corrected chi connectivity index (χ2v) is 5.89. The lowest BCUT2D eigenvalue weighted by Crippen LogP contribution is -2.47. The highest BCUT2D eigenvalue weighted by molar-refractivity contribution is 9.10. The quantitative estimate of drug-likeness (QED) is 0.905. The third-order valence-corrected chi connectivity index (χ3v) is 3.95. The van der Waals surface area contributed by atoms with E-state index in [1.165, 1.54) is 0 Å². The molecule has 2 N–H and O–H groups in total. The number of nitrogens with two attached hydrogens (primary N) is 1. The fourth-order valence-electron chi connectivity index (χ4n) is 2.36. The number of hydrogen-bond acceptors (Lipinski definition) is 2. The van der Waals surface area contributed by atoms with Crippen LogP contribution in [0, 0.1) is 0 Å². The van der Waals surface area contributed by atoms with Gasteiger partial charge in [0.2, 0.25) is 0 Å². The maximum Gasteiger partial charge on any atom is 0.254 e. The van der Waals surface area contributed by atoms with Crippen molar-refractivity contribution in [3.63, 3.8) is 0 Å². The lowest BCUT2D eigenvalue weighted by atomic mass is 10.0. The van der Waals surface area contributed by atoms with Crippen molar-refractivity contribution in [2.24, 2.45) is 5.73 Å². The molecule has 98 valence electrons. The van der Waals surface area contributed by atoms with Crippen LogP contribution in [0.4, 0.5) is 0 Å². The third kappa shape index (κ3) is 3.05. The van der Waals surface area contributed by atoms with Crippen molar-refractivity contribution >= 4 is 33.4 Å². The molecule has 5 heteroatoms. The average Bonchev–Trinajstić information content (AvgIpc) is 2.36. The first-order chi connectivity index (χ1) is 8.61. The zero-order valence-corrected chi connectivity index (χ0v) is 12.4. The van der Waals surface area contributed by atoms with E-state index >= 15 is 0 Å².